The molecule has 3 rings (SSSR count). The first-order chi connectivity index (χ1) is 13.1. The second-order valence-electron chi connectivity index (χ2n) is 5.94. The predicted molar refractivity (Wildman–Crippen MR) is 105 cm³/mol. The highest BCUT2D eigenvalue weighted by Crippen LogP contribution is 2.30. The molecule has 0 atom stereocenters. The van der Waals surface area contributed by atoms with Crippen molar-refractivity contribution in [3.05, 3.63) is 77.5 Å². The first-order valence-corrected chi connectivity index (χ1v) is 8.71. The monoisotopic (exact) mass is 363 g/mol. The van der Waals surface area contributed by atoms with Crippen LogP contribution >= 0.6 is 0 Å². The van der Waals surface area contributed by atoms with Crippen LogP contribution in [0.15, 0.2) is 65.8 Å². The fourth-order valence-corrected chi connectivity index (χ4v) is 2.54. The second kappa shape index (κ2) is 8.36. The van der Waals surface area contributed by atoms with Crippen molar-refractivity contribution < 1.29 is 19.0 Å². The third kappa shape index (κ3) is 4.44. The molecule has 138 valence electrons. The topological polar surface area (TPSA) is 57.1 Å². The van der Waals surface area contributed by atoms with Gasteiger partial charge in [-0.1, -0.05) is 36.4 Å². The zero-order chi connectivity index (χ0) is 19.2. The number of ether oxygens (including phenoxy) is 3. The molecule has 2 aromatic carbocycles. The van der Waals surface area contributed by atoms with Crippen molar-refractivity contribution in [1.29, 1.82) is 0 Å². The van der Waals surface area contributed by atoms with Gasteiger partial charge in [0.15, 0.2) is 17.2 Å². The number of hydrogen-bond acceptors (Lipinski definition) is 5. The highest BCUT2D eigenvalue weighted by molar-refractivity contribution is 6.12. The molecule has 0 N–H and O–H groups in total. The van der Waals surface area contributed by atoms with Crippen LogP contribution in [-0.4, -0.2) is 25.1 Å². The van der Waals surface area contributed by atoms with E-state index < -0.39 is 5.97 Å². The van der Waals surface area contributed by atoms with Crippen LogP contribution in [0.4, 0.5) is 0 Å². The Morgan fingerprint density at radius 1 is 1.11 bits per heavy atom. The number of rotatable bonds is 7. The lowest BCUT2D eigenvalue weighted by molar-refractivity contribution is -0.129. The Hall–Kier alpha value is -3.34. The van der Waals surface area contributed by atoms with Crippen molar-refractivity contribution in [1.82, 2.24) is 0 Å². The number of benzene rings is 2. The van der Waals surface area contributed by atoms with E-state index in [9.17, 15) is 4.79 Å². The first-order valence-electron chi connectivity index (χ1n) is 8.71. The maximum absolute atomic E-state index is 12.2. The SMILES string of the molecule is C=CCOc1ccc(C=C2N=C(c3ccc(C)cc3)OC2=O)cc1OCC. The van der Waals surface area contributed by atoms with E-state index in [1.54, 1.807) is 18.2 Å². The molecule has 0 radical (unpaired) electrons. The molecule has 0 amide bonds. The summed E-state index contributed by atoms with van der Waals surface area (Å²) in [5, 5.41) is 0. The number of aryl methyl sites for hydroxylation is 1. The van der Waals surface area contributed by atoms with Gasteiger partial charge in [-0.3, -0.25) is 0 Å². The summed E-state index contributed by atoms with van der Waals surface area (Å²) in [6.45, 7) is 8.42. The van der Waals surface area contributed by atoms with Crippen molar-refractivity contribution in [2.75, 3.05) is 13.2 Å². The quantitative estimate of drug-likeness (QED) is 0.418. The molecule has 1 aliphatic heterocycles. The predicted octanol–water partition coefficient (Wildman–Crippen LogP) is 4.30. The van der Waals surface area contributed by atoms with Crippen LogP contribution in [0.1, 0.15) is 23.6 Å². The van der Waals surface area contributed by atoms with Gasteiger partial charge in [0.1, 0.15) is 6.61 Å². The lowest BCUT2D eigenvalue weighted by atomic mass is 10.1. The molecule has 0 aromatic heterocycles. The molecule has 0 saturated carbocycles. The van der Waals surface area contributed by atoms with Crippen LogP contribution in [0, 0.1) is 6.92 Å². The van der Waals surface area contributed by atoms with Gasteiger partial charge in [-0.15, -0.1) is 0 Å². The summed E-state index contributed by atoms with van der Waals surface area (Å²) in [4.78, 5) is 16.5. The van der Waals surface area contributed by atoms with Crippen molar-refractivity contribution in [3.63, 3.8) is 0 Å². The first kappa shape index (κ1) is 18.5. The zero-order valence-corrected chi connectivity index (χ0v) is 15.4. The summed E-state index contributed by atoms with van der Waals surface area (Å²) < 4.78 is 16.5. The van der Waals surface area contributed by atoms with Gasteiger partial charge in [0.05, 0.1) is 6.61 Å². The molecule has 0 unspecified atom stereocenters. The van der Waals surface area contributed by atoms with E-state index in [-0.39, 0.29) is 5.70 Å². The molecule has 0 aliphatic carbocycles. The Balaban J connectivity index is 1.88. The number of cyclic esters (lactones) is 1. The minimum absolute atomic E-state index is 0.243. The Kier molecular flexibility index (Phi) is 5.71. The normalized spacial score (nSPS) is 14.7. The highest BCUT2D eigenvalue weighted by atomic mass is 16.6. The largest absolute Gasteiger partial charge is 0.490 e. The van der Waals surface area contributed by atoms with Crippen molar-refractivity contribution in [2.45, 2.75) is 13.8 Å². The maximum atomic E-state index is 12.2. The third-order valence-corrected chi connectivity index (χ3v) is 3.85. The molecule has 2 aromatic rings. The fraction of sp³-hybridized carbons (Fsp3) is 0.182. The Morgan fingerprint density at radius 2 is 1.89 bits per heavy atom. The standard InChI is InChI=1S/C22H21NO4/c1-4-12-26-19-11-8-16(14-20(19)25-5-2)13-18-22(24)27-21(23-18)17-9-6-15(3)7-10-17/h4,6-11,13-14H,1,5,12H2,2-3H3. The van der Waals surface area contributed by atoms with E-state index in [0.717, 1.165) is 16.7 Å². The average Bonchev–Trinajstić information content (AvgIpc) is 3.02. The van der Waals surface area contributed by atoms with Gasteiger partial charge < -0.3 is 14.2 Å². The maximum Gasteiger partial charge on any atom is 0.363 e. The molecule has 0 fully saturated rings. The molecule has 0 bridgehead atoms. The van der Waals surface area contributed by atoms with Gasteiger partial charge in [0.25, 0.3) is 0 Å². The lowest BCUT2D eigenvalue weighted by Gasteiger charge is -2.11. The number of esters is 1. The average molecular weight is 363 g/mol. The lowest BCUT2D eigenvalue weighted by Crippen LogP contribution is -2.05. The summed E-state index contributed by atoms with van der Waals surface area (Å²) in [7, 11) is 0. The summed E-state index contributed by atoms with van der Waals surface area (Å²) in [5.41, 5.74) is 2.90. The Bertz CT molecular complexity index is 910. The number of hydrogen-bond donors (Lipinski definition) is 0. The minimum Gasteiger partial charge on any atom is -0.490 e. The van der Waals surface area contributed by atoms with Crippen LogP contribution in [-0.2, 0) is 9.53 Å². The van der Waals surface area contributed by atoms with Gasteiger partial charge in [0.2, 0.25) is 5.90 Å². The van der Waals surface area contributed by atoms with Gasteiger partial charge in [-0.2, -0.15) is 0 Å². The highest BCUT2D eigenvalue weighted by Gasteiger charge is 2.24. The van der Waals surface area contributed by atoms with Gasteiger partial charge >= 0.3 is 5.97 Å². The van der Waals surface area contributed by atoms with Crippen molar-refractivity contribution >= 4 is 17.9 Å². The molecule has 5 heteroatoms. The Labute approximate surface area is 158 Å². The van der Waals surface area contributed by atoms with E-state index in [0.29, 0.717) is 30.6 Å². The van der Waals surface area contributed by atoms with E-state index in [1.807, 2.05) is 50.2 Å². The smallest absolute Gasteiger partial charge is 0.363 e. The molecule has 1 heterocycles. The molecule has 0 spiro atoms. The van der Waals surface area contributed by atoms with Crippen molar-refractivity contribution in [2.24, 2.45) is 4.99 Å². The molecular formula is C22H21NO4. The number of carbonyl (C=O) groups excluding carboxylic acids is 1. The van der Waals surface area contributed by atoms with Crippen LogP contribution in [0.5, 0.6) is 11.5 Å². The number of carbonyl (C=O) groups is 1. The molecule has 1 aliphatic rings. The van der Waals surface area contributed by atoms with E-state index in [4.69, 9.17) is 14.2 Å². The number of aliphatic imine (C=N–C) groups is 1. The molecule has 27 heavy (non-hydrogen) atoms. The minimum atomic E-state index is -0.476. The molecular weight excluding hydrogens is 342 g/mol. The second-order valence-corrected chi connectivity index (χ2v) is 5.94. The van der Waals surface area contributed by atoms with E-state index in [1.165, 1.54) is 0 Å². The summed E-state index contributed by atoms with van der Waals surface area (Å²) in [6.07, 6.45) is 3.34. The molecule has 0 saturated heterocycles. The fourth-order valence-electron chi connectivity index (χ4n) is 2.54. The van der Waals surface area contributed by atoms with Gasteiger partial charge in [-0.25, -0.2) is 9.79 Å². The van der Waals surface area contributed by atoms with E-state index >= 15 is 0 Å². The van der Waals surface area contributed by atoms with Gasteiger partial charge in [0, 0.05) is 5.56 Å². The summed E-state index contributed by atoms with van der Waals surface area (Å²) in [5.74, 6) is 1.05. The third-order valence-electron chi connectivity index (χ3n) is 3.85. The van der Waals surface area contributed by atoms with Crippen LogP contribution in [0.25, 0.3) is 6.08 Å². The van der Waals surface area contributed by atoms with Gasteiger partial charge in [-0.05, 0) is 49.8 Å². The van der Waals surface area contributed by atoms with Crippen LogP contribution < -0.4 is 9.47 Å². The van der Waals surface area contributed by atoms with Crippen LogP contribution in [0.2, 0.25) is 0 Å². The zero-order valence-electron chi connectivity index (χ0n) is 15.4. The summed E-state index contributed by atoms with van der Waals surface area (Å²) in [6, 6.07) is 13.1. The number of nitrogens with zero attached hydrogens (tertiary/aromatic N) is 1. The summed E-state index contributed by atoms with van der Waals surface area (Å²) >= 11 is 0. The van der Waals surface area contributed by atoms with E-state index in [2.05, 4.69) is 11.6 Å². The Morgan fingerprint density at radius 3 is 2.59 bits per heavy atom. The van der Waals surface area contributed by atoms with Crippen molar-refractivity contribution in [3.8, 4) is 11.5 Å². The van der Waals surface area contributed by atoms with Crippen LogP contribution in [0.3, 0.4) is 0 Å². The molecule has 5 nitrogen and oxygen atoms in total.